The smallest absolute Gasteiger partial charge is 0.327 e. The molecule has 2 saturated carbocycles. The Morgan fingerprint density at radius 3 is 1.43 bits per heavy atom. The molecule has 0 bridgehead atoms. The molecule has 0 amide bonds. The van der Waals surface area contributed by atoms with E-state index >= 15 is 0 Å². The van der Waals surface area contributed by atoms with E-state index < -0.39 is 0 Å². The van der Waals surface area contributed by atoms with E-state index in [2.05, 4.69) is 0 Å². The summed E-state index contributed by atoms with van der Waals surface area (Å²) in [6.07, 6.45) is 18.1. The van der Waals surface area contributed by atoms with Gasteiger partial charge in [-0.15, -0.1) is 0 Å². The van der Waals surface area contributed by atoms with Gasteiger partial charge in [0.2, 0.25) is 0 Å². The molecule has 0 aliphatic heterocycles. The maximum atomic E-state index is 5.56. The summed E-state index contributed by atoms with van der Waals surface area (Å²) in [4.78, 5) is 0. The first-order valence-electron chi connectivity index (χ1n) is 4.44. The van der Waals surface area contributed by atoms with Crippen LogP contribution in [0.5, 0.6) is 0 Å². The second-order valence-corrected chi connectivity index (χ2v) is 2.97. The van der Waals surface area contributed by atoms with Gasteiger partial charge in [-0.2, -0.15) is 0 Å². The quantitative estimate of drug-likeness (QED) is 0.681. The van der Waals surface area contributed by atoms with Gasteiger partial charge in [-0.25, -0.2) is 0 Å². The van der Waals surface area contributed by atoms with E-state index in [1.165, 1.54) is 5.92 Å². The van der Waals surface area contributed by atoms with Crippen molar-refractivity contribution in [2.24, 2.45) is 5.73 Å². The van der Waals surface area contributed by atoms with Gasteiger partial charge in [-0.3, -0.25) is 0 Å². The third kappa shape index (κ3) is 6.06. The van der Waals surface area contributed by atoms with E-state index in [4.69, 9.17) is 5.73 Å². The third-order valence-corrected chi connectivity index (χ3v) is 1.77. The largest absolute Gasteiger partial charge is 2.00 e. The SMILES string of the molecule is C[C@@H](N)[C]1[CH][CH][CH][CH]1.[CH]1[CH][CH][CH][CH]1.[Fe+2]. The molecule has 0 aromatic carbocycles. The van der Waals surface area contributed by atoms with Gasteiger partial charge in [0, 0.05) is 6.04 Å². The minimum atomic E-state index is 0. The van der Waals surface area contributed by atoms with Gasteiger partial charge in [0.15, 0.2) is 0 Å². The summed E-state index contributed by atoms with van der Waals surface area (Å²) in [5.74, 6) is 1.21. The Morgan fingerprint density at radius 2 is 1.21 bits per heavy atom. The summed E-state index contributed by atoms with van der Waals surface area (Å²) in [6.45, 7) is 1.98. The molecule has 2 N–H and O–H groups in total. The molecule has 0 spiro atoms. The molecule has 2 aliphatic carbocycles. The molecule has 0 aromatic heterocycles. The van der Waals surface area contributed by atoms with Gasteiger partial charge in [-0.05, 0) is 70.6 Å². The molecule has 2 rings (SSSR count). The Balaban J connectivity index is 0.000000246. The summed E-state index contributed by atoms with van der Waals surface area (Å²) in [5, 5.41) is 0. The molecule has 2 fully saturated rings. The van der Waals surface area contributed by atoms with Crippen molar-refractivity contribution in [3.63, 3.8) is 0 Å². The topological polar surface area (TPSA) is 26.0 Å². The van der Waals surface area contributed by atoms with Crippen LogP contribution in [0.2, 0.25) is 0 Å². The molecule has 10 radical (unpaired) electrons. The molecular weight excluding hydrogens is 214 g/mol. The zero-order valence-electron chi connectivity index (χ0n) is 8.20. The van der Waals surface area contributed by atoms with Gasteiger partial charge < -0.3 is 5.73 Å². The van der Waals surface area contributed by atoms with Crippen molar-refractivity contribution in [3.8, 4) is 0 Å². The molecule has 1 nitrogen and oxygen atoms in total. The summed E-state index contributed by atoms with van der Waals surface area (Å²) < 4.78 is 0. The molecule has 0 heterocycles. The van der Waals surface area contributed by atoms with Crippen LogP contribution in [0.3, 0.4) is 0 Å². The first-order chi connectivity index (χ1) is 6.30. The Bertz CT molecular complexity index is 108. The van der Waals surface area contributed by atoms with Crippen LogP contribution in [-0.4, -0.2) is 6.04 Å². The van der Waals surface area contributed by atoms with Crippen molar-refractivity contribution in [2.45, 2.75) is 13.0 Å². The zero-order valence-corrected chi connectivity index (χ0v) is 9.31. The average Bonchev–Trinajstić information content (AvgIpc) is 2.82. The average molecular weight is 229 g/mol. The fourth-order valence-corrected chi connectivity index (χ4v) is 1.01. The van der Waals surface area contributed by atoms with E-state index in [1.807, 2.05) is 64.7 Å². The summed E-state index contributed by atoms with van der Waals surface area (Å²) >= 11 is 0. The first-order valence-corrected chi connectivity index (χ1v) is 4.44. The normalized spacial score (nSPS) is 23.6. The number of hydrogen-bond acceptors (Lipinski definition) is 1. The van der Waals surface area contributed by atoms with E-state index in [0.717, 1.165) is 0 Å². The summed E-state index contributed by atoms with van der Waals surface area (Å²) in [6, 6.07) is 0.185. The predicted molar refractivity (Wildman–Crippen MR) is 55.6 cm³/mol. The Hall–Kier alpha value is 0.479. The standard InChI is InChI=1S/C7H10N.C5H5.Fe/c1-6(8)7-4-2-3-5-7;1-2-4-5-3-1;/h2-6H,8H2,1H3;1-5H;/q;;+2/t6-;;/m1../s1. The fourth-order valence-electron chi connectivity index (χ4n) is 1.01. The molecule has 0 unspecified atom stereocenters. The maximum Gasteiger partial charge on any atom is 2.00 e. The number of hydrogen-bond donors (Lipinski definition) is 1. The van der Waals surface area contributed by atoms with Crippen LogP contribution in [0.25, 0.3) is 0 Å². The van der Waals surface area contributed by atoms with E-state index in [9.17, 15) is 0 Å². The maximum absolute atomic E-state index is 5.56. The van der Waals surface area contributed by atoms with Crippen LogP contribution in [0.15, 0.2) is 0 Å². The van der Waals surface area contributed by atoms with Gasteiger partial charge in [0.1, 0.15) is 0 Å². The van der Waals surface area contributed by atoms with Crippen LogP contribution in [0.1, 0.15) is 6.92 Å². The van der Waals surface area contributed by atoms with E-state index in [-0.39, 0.29) is 23.1 Å². The Morgan fingerprint density at radius 1 is 0.857 bits per heavy atom. The van der Waals surface area contributed by atoms with Crippen molar-refractivity contribution in [1.29, 1.82) is 0 Å². The van der Waals surface area contributed by atoms with Gasteiger partial charge in [-0.1, -0.05) is 0 Å². The van der Waals surface area contributed by atoms with Crippen molar-refractivity contribution in [1.82, 2.24) is 0 Å². The number of nitrogens with two attached hydrogens (primary N) is 1. The van der Waals surface area contributed by atoms with E-state index in [0.29, 0.717) is 0 Å². The van der Waals surface area contributed by atoms with Crippen LogP contribution in [0.4, 0.5) is 0 Å². The van der Waals surface area contributed by atoms with Crippen molar-refractivity contribution in [2.75, 3.05) is 0 Å². The monoisotopic (exact) mass is 229 g/mol. The van der Waals surface area contributed by atoms with Crippen LogP contribution in [0, 0.1) is 63.7 Å². The molecule has 2 aliphatic rings. The van der Waals surface area contributed by atoms with Crippen LogP contribution >= 0.6 is 0 Å². The molecule has 0 saturated heterocycles. The fraction of sp³-hybridized carbons (Fsp3) is 0.167. The molecule has 14 heavy (non-hydrogen) atoms. The van der Waals surface area contributed by atoms with E-state index in [1.54, 1.807) is 0 Å². The molecule has 74 valence electrons. The first kappa shape index (κ1) is 14.5. The summed E-state index contributed by atoms with van der Waals surface area (Å²) in [7, 11) is 0. The molecular formula is C12H15FeN+2. The molecule has 0 aromatic rings. The van der Waals surface area contributed by atoms with Gasteiger partial charge >= 0.3 is 17.1 Å². The van der Waals surface area contributed by atoms with Crippen LogP contribution < -0.4 is 5.73 Å². The minimum absolute atomic E-state index is 0. The number of rotatable bonds is 1. The third-order valence-electron chi connectivity index (χ3n) is 1.77. The van der Waals surface area contributed by atoms with Crippen molar-refractivity contribution < 1.29 is 17.1 Å². The second-order valence-electron chi connectivity index (χ2n) is 2.97. The Labute approximate surface area is 99.7 Å². The van der Waals surface area contributed by atoms with Gasteiger partial charge in [0.25, 0.3) is 0 Å². The van der Waals surface area contributed by atoms with Crippen molar-refractivity contribution >= 4 is 0 Å². The molecule has 2 heteroatoms. The van der Waals surface area contributed by atoms with Crippen LogP contribution in [-0.2, 0) is 17.1 Å². The second kappa shape index (κ2) is 8.76. The minimum Gasteiger partial charge on any atom is -0.327 e. The van der Waals surface area contributed by atoms with Crippen molar-refractivity contribution in [3.05, 3.63) is 63.7 Å². The summed E-state index contributed by atoms with van der Waals surface area (Å²) in [5.41, 5.74) is 5.56. The predicted octanol–water partition coefficient (Wildman–Crippen LogP) is 1.76. The zero-order chi connectivity index (χ0) is 9.52. The van der Waals surface area contributed by atoms with Gasteiger partial charge in [0.05, 0.1) is 0 Å². The Kier molecular flexibility index (Phi) is 9.06. The molecule has 1 atom stereocenters.